The first-order valence-corrected chi connectivity index (χ1v) is 10.7. The number of carbonyl (C=O) groups excluding carboxylic acids is 2. The number of hydrogen-bond donors (Lipinski definition) is 0. The zero-order chi connectivity index (χ0) is 23.8. The van der Waals surface area contributed by atoms with Crippen molar-refractivity contribution in [3.8, 4) is 11.8 Å². The molecule has 3 rings (SSSR count). The summed E-state index contributed by atoms with van der Waals surface area (Å²) in [7, 11) is 0. The molecule has 7 nitrogen and oxygen atoms in total. The summed E-state index contributed by atoms with van der Waals surface area (Å²) in [4.78, 5) is 26.8. The van der Waals surface area contributed by atoms with Crippen LogP contribution in [0.3, 0.4) is 0 Å². The molecule has 1 unspecified atom stereocenters. The number of para-hydroxylation sites is 2. The summed E-state index contributed by atoms with van der Waals surface area (Å²) in [5.74, 6) is -1.02. The molecule has 0 spiro atoms. The number of nitriles is 1. The minimum Gasteiger partial charge on any atom is -0.449 e. The lowest BCUT2D eigenvalue weighted by atomic mass is 10.2. The van der Waals surface area contributed by atoms with Crippen molar-refractivity contribution in [3.63, 3.8) is 0 Å². The lowest BCUT2D eigenvalue weighted by molar-refractivity contribution is -0.149. The average Bonchev–Trinajstić information content (AvgIpc) is 3.12. The second kappa shape index (κ2) is 10.9. The highest BCUT2D eigenvalue weighted by atomic mass is 16.5. The van der Waals surface area contributed by atoms with Crippen LogP contribution in [0.5, 0.6) is 0 Å². The molecule has 7 heteroatoms. The van der Waals surface area contributed by atoms with Gasteiger partial charge in [0, 0.05) is 29.6 Å². The number of benzene rings is 2. The smallest absolute Gasteiger partial charge is 0.331 e. The molecule has 1 amide bonds. The highest BCUT2D eigenvalue weighted by molar-refractivity contribution is 5.98. The number of rotatable bonds is 8. The van der Waals surface area contributed by atoms with E-state index in [1.165, 1.54) is 17.9 Å². The summed E-state index contributed by atoms with van der Waals surface area (Å²) >= 11 is 0. The zero-order valence-electron chi connectivity index (χ0n) is 18.9. The highest BCUT2D eigenvalue weighted by Gasteiger charge is 2.24. The van der Waals surface area contributed by atoms with Crippen molar-refractivity contribution in [2.24, 2.45) is 0 Å². The SMILES string of the molecule is Cc1nn(-c2ccccc2)c(C)c1/C=C/C(=O)OC(C)C(=O)N(CCC#N)c1ccccc1. The van der Waals surface area contributed by atoms with Crippen molar-refractivity contribution in [3.05, 3.63) is 83.7 Å². The number of nitrogens with zero attached hydrogens (tertiary/aromatic N) is 4. The highest BCUT2D eigenvalue weighted by Crippen LogP contribution is 2.20. The molecule has 33 heavy (non-hydrogen) atoms. The number of aromatic nitrogens is 2. The Hall–Kier alpha value is -4.18. The maximum atomic E-state index is 12.9. The van der Waals surface area contributed by atoms with Crippen LogP contribution in [0.15, 0.2) is 66.7 Å². The van der Waals surface area contributed by atoms with Crippen molar-refractivity contribution in [2.45, 2.75) is 33.3 Å². The Labute approximate surface area is 193 Å². The Morgan fingerprint density at radius 1 is 1.12 bits per heavy atom. The predicted octanol–water partition coefficient (Wildman–Crippen LogP) is 4.38. The van der Waals surface area contributed by atoms with Crippen LogP contribution < -0.4 is 4.90 Å². The van der Waals surface area contributed by atoms with Crippen molar-refractivity contribution in [1.29, 1.82) is 5.26 Å². The number of hydrogen-bond acceptors (Lipinski definition) is 5. The molecule has 1 atom stereocenters. The molecule has 0 fully saturated rings. The molecule has 0 aliphatic carbocycles. The fourth-order valence-electron chi connectivity index (χ4n) is 3.49. The van der Waals surface area contributed by atoms with Gasteiger partial charge in [-0.05, 0) is 51.1 Å². The van der Waals surface area contributed by atoms with Crippen molar-refractivity contribution >= 4 is 23.6 Å². The van der Waals surface area contributed by atoms with Gasteiger partial charge in [-0.15, -0.1) is 0 Å². The second-order valence-corrected chi connectivity index (χ2v) is 7.48. The number of anilines is 1. The first-order valence-electron chi connectivity index (χ1n) is 10.7. The minimum absolute atomic E-state index is 0.172. The maximum absolute atomic E-state index is 12.9. The van der Waals surface area contributed by atoms with Gasteiger partial charge in [-0.3, -0.25) is 4.79 Å². The third kappa shape index (κ3) is 5.74. The van der Waals surface area contributed by atoms with Crippen LogP contribution in [0.2, 0.25) is 0 Å². The van der Waals surface area contributed by atoms with E-state index < -0.39 is 12.1 Å². The first kappa shape index (κ1) is 23.5. The molecule has 0 bridgehead atoms. The van der Waals surface area contributed by atoms with Gasteiger partial charge in [0.25, 0.3) is 5.91 Å². The van der Waals surface area contributed by atoms with Gasteiger partial charge in [0.15, 0.2) is 6.10 Å². The molecular weight excluding hydrogens is 416 g/mol. The van der Waals surface area contributed by atoms with E-state index in [9.17, 15) is 9.59 Å². The van der Waals surface area contributed by atoms with Crippen molar-refractivity contribution < 1.29 is 14.3 Å². The fraction of sp³-hybridized carbons (Fsp3) is 0.231. The molecule has 1 aromatic heterocycles. The third-order valence-corrected chi connectivity index (χ3v) is 5.16. The zero-order valence-corrected chi connectivity index (χ0v) is 18.9. The maximum Gasteiger partial charge on any atom is 0.331 e. The lowest BCUT2D eigenvalue weighted by Gasteiger charge is -2.24. The largest absolute Gasteiger partial charge is 0.449 e. The molecule has 3 aromatic rings. The normalized spacial score (nSPS) is 11.7. The predicted molar refractivity (Wildman–Crippen MR) is 127 cm³/mol. The van der Waals surface area contributed by atoms with Crippen LogP contribution >= 0.6 is 0 Å². The van der Waals surface area contributed by atoms with Gasteiger partial charge < -0.3 is 9.64 Å². The Balaban J connectivity index is 1.70. The number of ether oxygens (including phenoxy) is 1. The molecular formula is C26H26N4O3. The molecule has 168 valence electrons. The van der Waals surface area contributed by atoms with Crippen molar-refractivity contribution in [2.75, 3.05) is 11.4 Å². The van der Waals surface area contributed by atoms with E-state index in [0.29, 0.717) is 5.69 Å². The summed E-state index contributed by atoms with van der Waals surface area (Å²) in [5.41, 5.74) is 4.05. The lowest BCUT2D eigenvalue weighted by Crippen LogP contribution is -2.40. The summed E-state index contributed by atoms with van der Waals surface area (Å²) in [6, 6.07) is 20.8. The number of aryl methyl sites for hydroxylation is 1. The average molecular weight is 443 g/mol. The molecule has 2 aromatic carbocycles. The fourth-order valence-corrected chi connectivity index (χ4v) is 3.49. The quantitative estimate of drug-likeness (QED) is 0.382. The monoisotopic (exact) mass is 442 g/mol. The summed E-state index contributed by atoms with van der Waals surface area (Å²) in [6.07, 6.45) is 2.13. The molecule has 0 saturated carbocycles. The number of carbonyl (C=O) groups is 2. The minimum atomic E-state index is -1.00. The van der Waals surface area contributed by atoms with E-state index in [1.54, 1.807) is 18.2 Å². The van der Waals surface area contributed by atoms with E-state index in [4.69, 9.17) is 10.00 Å². The van der Waals surface area contributed by atoms with Gasteiger partial charge in [-0.2, -0.15) is 10.4 Å². The van der Waals surface area contributed by atoms with E-state index in [-0.39, 0.29) is 18.9 Å². The van der Waals surface area contributed by atoms with Crippen LogP contribution in [-0.4, -0.2) is 34.3 Å². The van der Waals surface area contributed by atoms with E-state index >= 15 is 0 Å². The Morgan fingerprint density at radius 2 is 1.76 bits per heavy atom. The summed E-state index contributed by atoms with van der Waals surface area (Å²) in [5, 5.41) is 13.5. The van der Waals surface area contributed by atoms with Gasteiger partial charge in [0.1, 0.15) is 0 Å². The van der Waals surface area contributed by atoms with Crippen LogP contribution in [0.1, 0.15) is 30.3 Å². The summed E-state index contributed by atoms with van der Waals surface area (Å²) < 4.78 is 7.18. The third-order valence-electron chi connectivity index (χ3n) is 5.16. The molecule has 0 aliphatic heterocycles. The molecule has 0 N–H and O–H groups in total. The Morgan fingerprint density at radius 3 is 2.39 bits per heavy atom. The van der Waals surface area contributed by atoms with Gasteiger partial charge in [-0.1, -0.05) is 36.4 Å². The second-order valence-electron chi connectivity index (χ2n) is 7.48. The molecule has 1 heterocycles. The molecule has 0 radical (unpaired) electrons. The summed E-state index contributed by atoms with van der Waals surface area (Å²) in [6.45, 7) is 5.54. The van der Waals surface area contributed by atoms with Gasteiger partial charge in [0.2, 0.25) is 0 Å². The van der Waals surface area contributed by atoms with Gasteiger partial charge in [-0.25, -0.2) is 9.48 Å². The molecule has 0 aliphatic rings. The Kier molecular flexibility index (Phi) is 7.77. The van der Waals surface area contributed by atoms with Crippen molar-refractivity contribution in [1.82, 2.24) is 9.78 Å². The topological polar surface area (TPSA) is 88.2 Å². The van der Waals surface area contributed by atoms with Crippen LogP contribution in [0.4, 0.5) is 5.69 Å². The van der Waals surface area contributed by atoms with Crippen LogP contribution in [0.25, 0.3) is 11.8 Å². The van der Waals surface area contributed by atoms with Gasteiger partial charge in [0.05, 0.1) is 23.9 Å². The first-order chi connectivity index (χ1) is 15.9. The standard InChI is InChI=1S/C26H26N4O3/c1-19-24(20(2)30(28-19)23-13-8-5-9-14-23)15-16-25(31)33-21(3)26(32)29(18-10-17-27)22-11-6-4-7-12-22/h4-9,11-16,21H,10,18H2,1-3H3/b16-15+. The number of amides is 1. The Bertz CT molecular complexity index is 1180. The van der Waals surface area contributed by atoms with Gasteiger partial charge >= 0.3 is 5.97 Å². The van der Waals surface area contributed by atoms with Crippen LogP contribution in [0, 0.1) is 25.2 Å². The van der Waals surface area contributed by atoms with E-state index in [2.05, 4.69) is 5.10 Å². The van der Waals surface area contributed by atoms with E-state index in [0.717, 1.165) is 22.6 Å². The molecule has 0 saturated heterocycles. The van der Waals surface area contributed by atoms with E-state index in [1.807, 2.05) is 73.1 Å². The van der Waals surface area contributed by atoms with Crippen LogP contribution in [-0.2, 0) is 14.3 Å². The number of esters is 1.